The number of halogens is 1. The number of nitrogens with zero attached hydrogens (tertiary/aromatic N) is 1. The lowest BCUT2D eigenvalue weighted by Gasteiger charge is -2.15. The van der Waals surface area contributed by atoms with E-state index in [4.69, 9.17) is 16.3 Å². The van der Waals surface area contributed by atoms with Crippen LogP contribution in [0.3, 0.4) is 0 Å². The van der Waals surface area contributed by atoms with Gasteiger partial charge in [-0.05, 0) is 48.9 Å². The number of likely N-dealkylation sites (N-methyl/N-ethyl adjacent to an activating group) is 1. The lowest BCUT2D eigenvalue weighted by atomic mass is 10.1. The fourth-order valence-corrected chi connectivity index (χ4v) is 3.04. The molecule has 1 heterocycles. The Morgan fingerprint density at radius 1 is 1.29 bits per heavy atom. The van der Waals surface area contributed by atoms with E-state index in [9.17, 15) is 9.59 Å². The fraction of sp³-hybridized carbons (Fsp3) is 0.222. The molecular formula is C18H17ClN2O3. The Labute approximate surface area is 145 Å². The molecule has 2 aromatic rings. The van der Waals surface area contributed by atoms with Crippen LogP contribution in [-0.4, -0.2) is 25.5 Å². The molecule has 2 amide bonds. The minimum Gasteiger partial charge on any atom is -0.496 e. The van der Waals surface area contributed by atoms with E-state index in [1.807, 2.05) is 19.1 Å². The van der Waals surface area contributed by atoms with Gasteiger partial charge in [0.2, 0.25) is 5.91 Å². The molecule has 1 N–H and O–H groups in total. The zero-order valence-corrected chi connectivity index (χ0v) is 14.2. The van der Waals surface area contributed by atoms with Gasteiger partial charge in [-0.1, -0.05) is 11.6 Å². The predicted molar refractivity (Wildman–Crippen MR) is 94.1 cm³/mol. The molecule has 3 rings (SSSR count). The molecule has 0 spiro atoms. The Morgan fingerprint density at radius 2 is 2.08 bits per heavy atom. The molecule has 0 bridgehead atoms. The average molecular weight is 345 g/mol. The van der Waals surface area contributed by atoms with E-state index in [1.54, 1.807) is 29.2 Å². The van der Waals surface area contributed by atoms with Crippen molar-refractivity contribution in [2.45, 2.75) is 13.3 Å². The van der Waals surface area contributed by atoms with Gasteiger partial charge in [0.05, 0.1) is 19.1 Å². The molecule has 0 aliphatic carbocycles. The van der Waals surface area contributed by atoms with Gasteiger partial charge in [-0.2, -0.15) is 0 Å². The molecule has 0 radical (unpaired) electrons. The van der Waals surface area contributed by atoms with Crippen molar-refractivity contribution in [2.24, 2.45) is 0 Å². The highest BCUT2D eigenvalue weighted by Crippen LogP contribution is 2.31. The zero-order valence-electron chi connectivity index (χ0n) is 13.4. The standard InChI is InChI=1S/C18H17ClN2O3/c1-3-21-15-6-5-13(8-11(15)9-17(21)22)20-18(23)14-10-12(19)4-7-16(14)24-2/h4-8,10H,3,9H2,1-2H3,(H,20,23). The first-order valence-corrected chi connectivity index (χ1v) is 7.99. The molecule has 0 saturated heterocycles. The number of amides is 2. The van der Waals surface area contributed by atoms with Crippen LogP contribution in [0.4, 0.5) is 11.4 Å². The molecule has 0 atom stereocenters. The van der Waals surface area contributed by atoms with Crippen LogP contribution in [-0.2, 0) is 11.2 Å². The highest BCUT2D eigenvalue weighted by atomic mass is 35.5. The lowest BCUT2D eigenvalue weighted by Crippen LogP contribution is -2.25. The molecule has 0 aromatic heterocycles. The number of fused-ring (bicyclic) bond motifs is 1. The fourth-order valence-electron chi connectivity index (χ4n) is 2.86. The first kappa shape index (κ1) is 16.3. The highest BCUT2D eigenvalue weighted by Gasteiger charge is 2.26. The van der Waals surface area contributed by atoms with E-state index in [1.165, 1.54) is 7.11 Å². The third-order valence-corrected chi connectivity index (χ3v) is 4.23. The number of hydrogen-bond donors (Lipinski definition) is 1. The monoisotopic (exact) mass is 344 g/mol. The largest absolute Gasteiger partial charge is 0.496 e. The quantitative estimate of drug-likeness (QED) is 0.923. The second-order valence-corrected chi connectivity index (χ2v) is 5.89. The molecule has 0 fully saturated rings. The van der Waals surface area contributed by atoms with Crippen LogP contribution in [0.15, 0.2) is 36.4 Å². The Balaban J connectivity index is 1.85. The van der Waals surface area contributed by atoms with E-state index in [2.05, 4.69) is 5.32 Å². The lowest BCUT2D eigenvalue weighted by molar-refractivity contribution is -0.117. The van der Waals surface area contributed by atoms with Crippen LogP contribution < -0.4 is 15.0 Å². The summed E-state index contributed by atoms with van der Waals surface area (Å²) in [7, 11) is 1.50. The molecular weight excluding hydrogens is 328 g/mol. The average Bonchev–Trinajstić information content (AvgIpc) is 2.88. The van der Waals surface area contributed by atoms with Crippen molar-refractivity contribution < 1.29 is 14.3 Å². The Morgan fingerprint density at radius 3 is 2.79 bits per heavy atom. The minimum absolute atomic E-state index is 0.0764. The molecule has 0 unspecified atom stereocenters. The van der Waals surface area contributed by atoms with Gasteiger partial charge in [-0.15, -0.1) is 0 Å². The summed E-state index contributed by atoms with van der Waals surface area (Å²) < 4.78 is 5.21. The van der Waals surface area contributed by atoms with Crippen molar-refractivity contribution in [3.05, 3.63) is 52.5 Å². The molecule has 1 aliphatic heterocycles. The van der Waals surface area contributed by atoms with Crippen LogP contribution >= 0.6 is 11.6 Å². The normalized spacial score (nSPS) is 13.0. The number of anilines is 2. The summed E-state index contributed by atoms with van der Waals surface area (Å²) in [6, 6.07) is 10.3. The smallest absolute Gasteiger partial charge is 0.259 e. The van der Waals surface area contributed by atoms with Gasteiger partial charge in [0, 0.05) is 22.9 Å². The molecule has 2 aromatic carbocycles. The number of rotatable bonds is 4. The first-order valence-electron chi connectivity index (χ1n) is 7.61. The topological polar surface area (TPSA) is 58.6 Å². The van der Waals surface area contributed by atoms with Gasteiger partial charge in [0.1, 0.15) is 5.75 Å². The highest BCUT2D eigenvalue weighted by molar-refractivity contribution is 6.31. The Kier molecular flexibility index (Phi) is 4.44. The van der Waals surface area contributed by atoms with Crippen LogP contribution in [0.25, 0.3) is 0 Å². The third kappa shape index (κ3) is 2.95. The molecule has 24 heavy (non-hydrogen) atoms. The predicted octanol–water partition coefficient (Wildman–Crippen LogP) is 3.51. The number of ether oxygens (including phenoxy) is 1. The van der Waals surface area contributed by atoms with Crippen molar-refractivity contribution in [3.8, 4) is 5.75 Å². The maximum atomic E-state index is 12.5. The summed E-state index contributed by atoms with van der Waals surface area (Å²) in [5.41, 5.74) is 2.81. The van der Waals surface area contributed by atoms with Crippen molar-refractivity contribution >= 4 is 34.8 Å². The summed E-state index contributed by atoms with van der Waals surface area (Å²) in [5, 5.41) is 3.29. The van der Waals surface area contributed by atoms with Gasteiger partial charge >= 0.3 is 0 Å². The number of benzene rings is 2. The molecule has 0 saturated carbocycles. The summed E-state index contributed by atoms with van der Waals surface area (Å²) in [6.07, 6.45) is 0.355. The van der Waals surface area contributed by atoms with Crippen LogP contribution in [0.1, 0.15) is 22.8 Å². The van der Waals surface area contributed by atoms with Gasteiger partial charge in [0.15, 0.2) is 0 Å². The van der Waals surface area contributed by atoms with Crippen LogP contribution in [0.2, 0.25) is 5.02 Å². The van der Waals surface area contributed by atoms with Crippen molar-refractivity contribution in [3.63, 3.8) is 0 Å². The van der Waals surface area contributed by atoms with Crippen LogP contribution in [0.5, 0.6) is 5.75 Å². The first-order chi connectivity index (χ1) is 11.5. The minimum atomic E-state index is -0.314. The van der Waals surface area contributed by atoms with E-state index in [0.29, 0.717) is 35.0 Å². The molecule has 124 valence electrons. The number of methoxy groups -OCH3 is 1. The van der Waals surface area contributed by atoms with Gasteiger partial charge < -0.3 is 15.0 Å². The summed E-state index contributed by atoms with van der Waals surface area (Å²) in [5.74, 6) is 0.212. The Hall–Kier alpha value is -2.53. The van der Waals surface area contributed by atoms with E-state index >= 15 is 0 Å². The second-order valence-electron chi connectivity index (χ2n) is 5.46. The maximum absolute atomic E-state index is 12.5. The number of nitrogens with one attached hydrogen (secondary N) is 1. The molecule has 6 heteroatoms. The second kappa shape index (κ2) is 6.53. The maximum Gasteiger partial charge on any atom is 0.259 e. The van der Waals surface area contributed by atoms with Gasteiger partial charge in [-0.25, -0.2) is 0 Å². The van der Waals surface area contributed by atoms with Crippen molar-refractivity contribution in [1.82, 2.24) is 0 Å². The number of carbonyl (C=O) groups excluding carboxylic acids is 2. The number of hydrogen-bond acceptors (Lipinski definition) is 3. The zero-order chi connectivity index (χ0) is 17.3. The molecule has 5 nitrogen and oxygen atoms in total. The summed E-state index contributed by atoms with van der Waals surface area (Å²) in [4.78, 5) is 26.2. The van der Waals surface area contributed by atoms with Gasteiger partial charge in [-0.3, -0.25) is 9.59 Å². The van der Waals surface area contributed by atoms with E-state index < -0.39 is 0 Å². The van der Waals surface area contributed by atoms with Gasteiger partial charge in [0.25, 0.3) is 5.91 Å². The SMILES string of the molecule is CCN1C(=O)Cc2cc(NC(=O)c3cc(Cl)ccc3OC)ccc21. The van der Waals surface area contributed by atoms with E-state index in [-0.39, 0.29) is 11.8 Å². The number of carbonyl (C=O) groups is 2. The summed E-state index contributed by atoms with van der Waals surface area (Å²) in [6.45, 7) is 2.57. The van der Waals surface area contributed by atoms with E-state index in [0.717, 1.165) is 11.3 Å². The van der Waals surface area contributed by atoms with Crippen molar-refractivity contribution in [1.29, 1.82) is 0 Å². The third-order valence-electron chi connectivity index (χ3n) is 3.99. The Bertz CT molecular complexity index is 820. The van der Waals surface area contributed by atoms with Crippen LogP contribution in [0, 0.1) is 0 Å². The van der Waals surface area contributed by atoms with Crippen molar-refractivity contribution in [2.75, 3.05) is 23.9 Å². The molecule has 1 aliphatic rings. The summed E-state index contributed by atoms with van der Waals surface area (Å²) >= 11 is 5.97.